The van der Waals surface area contributed by atoms with Crippen LogP contribution in [-0.4, -0.2) is 64.3 Å². The van der Waals surface area contributed by atoms with E-state index in [2.05, 4.69) is 18.7 Å². The Morgan fingerprint density at radius 2 is 1.76 bits per heavy atom. The van der Waals surface area contributed by atoms with Gasteiger partial charge >= 0.3 is 0 Å². The summed E-state index contributed by atoms with van der Waals surface area (Å²) >= 11 is 0. The number of aliphatic hydroxyl groups is 2. The third kappa shape index (κ3) is 3.76. The molecule has 1 aliphatic heterocycles. The molecule has 0 aromatic carbocycles. The molecular weight excluding hydrogens is 320 g/mol. The Kier molecular flexibility index (Phi) is 5.51. The number of nitrogens with zero attached hydrogens (tertiary/aromatic N) is 2. The molecule has 2 fully saturated rings. The van der Waals surface area contributed by atoms with E-state index in [0.717, 1.165) is 18.8 Å². The maximum absolute atomic E-state index is 12.9. The van der Waals surface area contributed by atoms with E-state index >= 15 is 0 Å². The number of carbonyl (C=O) groups excluding carboxylic acids is 1. The first-order valence-electron chi connectivity index (χ1n) is 9.39. The van der Waals surface area contributed by atoms with E-state index in [4.69, 9.17) is 4.42 Å². The number of hydrogen-bond donors (Lipinski definition) is 2. The second-order valence-corrected chi connectivity index (χ2v) is 7.48. The standard InChI is InChI=1S/C19H30N2O4/c1-4-20(5-2)11-15-8-16(12(3)25-15)19(24)21-9-13-6-17(22)18(23)7-14(13)10-21/h8,13-14,17-18,22-23H,4-7,9-11H2,1-3H3/t13-,14+,17-,18-/m1/s1. The lowest BCUT2D eigenvalue weighted by molar-refractivity contribution is -0.0372. The lowest BCUT2D eigenvalue weighted by Crippen LogP contribution is -2.38. The first kappa shape index (κ1) is 18.4. The van der Waals surface area contributed by atoms with E-state index in [-0.39, 0.29) is 17.7 Å². The average Bonchev–Trinajstić information content (AvgIpc) is 3.15. The monoisotopic (exact) mass is 350 g/mol. The van der Waals surface area contributed by atoms with Gasteiger partial charge in [-0.2, -0.15) is 0 Å². The van der Waals surface area contributed by atoms with Crippen molar-refractivity contribution in [3.63, 3.8) is 0 Å². The minimum absolute atomic E-state index is 0.00502. The minimum atomic E-state index is -0.660. The van der Waals surface area contributed by atoms with Gasteiger partial charge in [-0.25, -0.2) is 0 Å². The molecule has 2 heterocycles. The van der Waals surface area contributed by atoms with Gasteiger partial charge in [0.25, 0.3) is 5.91 Å². The zero-order valence-electron chi connectivity index (χ0n) is 15.4. The highest BCUT2D eigenvalue weighted by molar-refractivity contribution is 5.95. The number of aryl methyl sites for hydroxylation is 1. The molecule has 0 bridgehead atoms. The largest absolute Gasteiger partial charge is 0.464 e. The van der Waals surface area contributed by atoms with E-state index in [0.29, 0.717) is 43.8 Å². The predicted octanol–water partition coefficient (Wildman–Crippen LogP) is 1.63. The van der Waals surface area contributed by atoms with Gasteiger partial charge in [0.2, 0.25) is 0 Å². The smallest absolute Gasteiger partial charge is 0.257 e. The second-order valence-electron chi connectivity index (χ2n) is 7.48. The van der Waals surface area contributed by atoms with Crippen molar-refractivity contribution in [2.24, 2.45) is 11.8 Å². The Labute approximate surface area is 149 Å². The quantitative estimate of drug-likeness (QED) is 0.844. The maximum atomic E-state index is 12.9. The molecule has 2 N–H and O–H groups in total. The number of amides is 1. The van der Waals surface area contributed by atoms with Crippen LogP contribution < -0.4 is 0 Å². The highest BCUT2D eigenvalue weighted by Crippen LogP contribution is 2.37. The molecule has 0 unspecified atom stereocenters. The molecule has 25 heavy (non-hydrogen) atoms. The Morgan fingerprint density at radius 1 is 1.20 bits per heavy atom. The van der Waals surface area contributed by atoms with Gasteiger partial charge in [-0.15, -0.1) is 0 Å². The van der Waals surface area contributed by atoms with Crippen LogP contribution in [0, 0.1) is 18.8 Å². The molecule has 2 aliphatic rings. The minimum Gasteiger partial charge on any atom is -0.464 e. The zero-order chi connectivity index (χ0) is 18.1. The predicted molar refractivity (Wildman–Crippen MR) is 94.2 cm³/mol. The molecule has 140 valence electrons. The molecule has 1 amide bonds. The molecule has 1 saturated heterocycles. The van der Waals surface area contributed by atoms with Gasteiger partial charge < -0.3 is 19.5 Å². The number of hydrogen-bond acceptors (Lipinski definition) is 5. The molecule has 4 atom stereocenters. The first-order valence-corrected chi connectivity index (χ1v) is 9.39. The summed E-state index contributed by atoms with van der Waals surface area (Å²) in [5, 5.41) is 19.7. The Bertz CT molecular complexity index is 593. The van der Waals surface area contributed by atoms with E-state index in [1.807, 2.05) is 17.9 Å². The number of carbonyl (C=O) groups is 1. The van der Waals surface area contributed by atoms with Crippen LogP contribution in [0.5, 0.6) is 0 Å². The summed E-state index contributed by atoms with van der Waals surface area (Å²) < 4.78 is 5.81. The summed E-state index contributed by atoms with van der Waals surface area (Å²) in [6, 6.07) is 1.88. The normalized spacial score (nSPS) is 29.3. The molecule has 3 rings (SSSR count). The maximum Gasteiger partial charge on any atom is 0.257 e. The van der Waals surface area contributed by atoms with Crippen LogP contribution >= 0.6 is 0 Å². The summed E-state index contributed by atoms with van der Waals surface area (Å²) in [4.78, 5) is 17.0. The zero-order valence-corrected chi connectivity index (χ0v) is 15.4. The van der Waals surface area contributed by atoms with Gasteiger partial charge in [0, 0.05) is 13.1 Å². The van der Waals surface area contributed by atoms with Crippen molar-refractivity contribution in [2.45, 2.75) is 52.4 Å². The third-order valence-corrected chi connectivity index (χ3v) is 5.87. The summed E-state index contributed by atoms with van der Waals surface area (Å²) in [6.45, 7) is 9.98. The number of furan rings is 1. The second kappa shape index (κ2) is 7.48. The van der Waals surface area contributed by atoms with Crippen molar-refractivity contribution in [3.8, 4) is 0 Å². The summed E-state index contributed by atoms with van der Waals surface area (Å²) in [5.41, 5.74) is 0.641. The van der Waals surface area contributed by atoms with E-state index in [1.165, 1.54) is 0 Å². The molecule has 6 nitrogen and oxygen atoms in total. The number of fused-ring (bicyclic) bond motifs is 1. The van der Waals surface area contributed by atoms with Crippen molar-refractivity contribution in [1.82, 2.24) is 9.80 Å². The fraction of sp³-hybridized carbons (Fsp3) is 0.737. The highest BCUT2D eigenvalue weighted by Gasteiger charge is 2.42. The van der Waals surface area contributed by atoms with Crippen molar-refractivity contribution >= 4 is 5.91 Å². The molecule has 1 saturated carbocycles. The van der Waals surface area contributed by atoms with Gasteiger partial charge in [-0.3, -0.25) is 9.69 Å². The van der Waals surface area contributed by atoms with Gasteiger partial charge in [0.1, 0.15) is 11.5 Å². The SMILES string of the molecule is CCN(CC)Cc1cc(C(=O)N2C[C@H]3C[C@@H](O)[C@H](O)C[C@H]3C2)c(C)o1. The van der Waals surface area contributed by atoms with Crippen molar-refractivity contribution in [1.29, 1.82) is 0 Å². The van der Waals surface area contributed by atoms with Gasteiger partial charge in [-0.05, 0) is 50.8 Å². The molecule has 6 heteroatoms. The molecule has 0 radical (unpaired) electrons. The molecular formula is C19H30N2O4. The number of aliphatic hydroxyl groups excluding tert-OH is 2. The van der Waals surface area contributed by atoms with Crippen LogP contribution in [0.1, 0.15) is 48.6 Å². The van der Waals surface area contributed by atoms with E-state index in [1.54, 1.807) is 0 Å². The average molecular weight is 350 g/mol. The van der Waals surface area contributed by atoms with E-state index < -0.39 is 12.2 Å². The first-order chi connectivity index (χ1) is 11.9. The lowest BCUT2D eigenvalue weighted by Gasteiger charge is -2.31. The van der Waals surface area contributed by atoms with Crippen LogP contribution in [0.25, 0.3) is 0 Å². The van der Waals surface area contributed by atoms with Crippen LogP contribution in [0.4, 0.5) is 0 Å². The van der Waals surface area contributed by atoms with Crippen LogP contribution in [0.15, 0.2) is 10.5 Å². The number of rotatable bonds is 5. The summed E-state index contributed by atoms with van der Waals surface area (Å²) in [7, 11) is 0. The molecule has 1 aromatic heterocycles. The Morgan fingerprint density at radius 3 is 2.28 bits per heavy atom. The molecule has 1 aromatic rings. The summed E-state index contributed by atoms with van der Waals surface area (Å²) in [6.07, 6.45) is -0.166. The molecule has 1 aliphatic carbocycles. The van der Waals surface area contributed by atoms with Crippen molar-refractivity contribution < 1.29 is 19.4 Å². The van der Waals surface area contributed by atoms with Gasteiger partial charge in [0.15, 0.2) is 0 Å². The van der Waals surface area contributed by atoms with Crippen LogP contribution in [-0.2, 0) is 6.54 Å². The Balaban J connectivity index is 1.68. The molecule has 0 spiro atoms. The van der Waals surface area contributed by atoms with Crippen LogP contribution in [0.3, 0.4) is 0 Å². The third-order valence-electron chi connectivity index (χ3n) is 5.87. The lowest BCUT2D eigenvalue weighted by atomic mass is 9.79. The topological polar surface area (TPSA) is 77.2 Å². The summed E-state index contributed by atoms with van der Waals surface area (Å²) in [5.74, 6) is 2.06. The van der Waals surface area contributed by atoms with E-state index in [9.17, 15) is 15.0 Å². The van der Waals surface area contributed by atoms with Gasteiger partial charge in [0.05, 0.1) is 24.3 Å². The van der Waals surface area contributed by atoms with Crippen LogP contribution in [0.2, 0.25) is 0 Å². The number of likely N-dealkylation sites (tertiary alicyclic amines) is 1. The fourth-order valence-corrected chi connectivity index (χ4v) is 4.25. The highest BCUT2D eigenvalue weighted by atomic mass is 16.3. The van der Waals surface area contributed by atoms with Crippen molar-refractivity contribution in [3.05, 3.63) is 23.2 Å². The van der Waals surface area contributed by atoms with Gasteiger partial charge in [-0.1, -0.05) is 13.8 Å². The Hall–Kier alpha value is -1.37. The van der Waals surface area contributed by atoms with Crippen molar-refractivity contribution in [2.75, 3.05) is 26.2 Å². The fourth-order valence-electron chi connectivity index (χ4n) is 4.25.